The van der Waals surface area contributed by atoms with Crippen LogP contribution in [-0.2, 0) is 0 Å². The molecule has 0 aromatic rings. The second-order valence-electron chi connectivity index (χ2n) is 1.99. The quantitative estimate of drug-likeness (QED) is 0.548. The lowest BCUT2D eigenvalue weighted by Gasteiger charge is -2.10. The maximum absolute atomic E-state index is 8.71. The molecule has 0 spiro atoms. The van der Waals surface area contributed by atoms with E-state index in [2.05, 4.69) is 0 Å². The molecule has 0 amide bonds. The van der Waals surface area contributed by atoms with E-state index in [0.29, 0.717) is 0 Å². The highest BCUT2D eigenvalue weighted by Gasteiger charge is 2.13. The molecule has 0 unspecified atom stereocenters. The van der Waals surface area contributed by atoms with E-state index in [-0.39, 0.29) is 5.54 Å². The minimum Gasteiger partial charge on any atom is -0.413 e. The van der Waals surface area contributed by atoms with E-state index in [0.717, 1.165) is 12.8 Å². The average Bonchev–Trinajstić information content (AvgIpc) is 1.69. The summed E-state index contributed by atoms with van der Waals surface area (Å²) in [5.41, 5.74) is 0.204. The molecular formula is C5H14O2Si. The first kappa shape index (κ1) is 8.14. The fourth-order valence-corrected chi connectivity index (χ4v) is 1.55. The molecule has 0 rings (SSSR count). The van der Waals surface area contributed by atoms with Crippen LogP contribution in [0.5, 0.6) is 0 Å². The smallest absolute Gasteiger partial charge is 0.319 e. The van der Waals surface area contributed by atoms with Gasteiger partial charge >= 0.3 is 9.28 Å². The lowest BCUT2D eigenvalue weighted by atomic mass is 10.3. The van der Waals surface area contributed by atoms with E-state index in [1.54, 1.807) is 0 Å². The molecule has 0 aliphatic rings. The Morgan fingerprint density at radius 2 is 1.62 bits per heavy atom. The van der Waals surface area contributed by atoms with Crippen molar-refractivity contribution in [2.75, 3.05) is 0 Å². The Balaban J connectivity index is 3.35. The summed E-state index contributed by atoms with van der Waals surface area (Å²) in [6.07, 6.45) is 1.81. The van der Waals surface area contributed by atoms with Crippen molar-refractivity contribution in [1.29, 1.82) is 0 Å². The average molecular weight is 134 g/mol. The molecule has 0 bridgehead atoms. The summed E-state index contributed by atoms with van der Waals surface area (Å²) >= 11 is 0. The van der Waals surface area contributed by atoms with E-state index in [9.17, 15) is 0 Å². The molecule has 0 aliphatic heterocycles. The standard InChI is InChI=1S/C5H14O2Si/c1-3-5(4-2)8(6)7/h5-8H,3-4H2,1-2H3. The van der Waals surface area contributed by atoms with Crippen molar-refractivity contribution < 1.29 is 9.59 Å². The zero-order valence-electron chi connectivity index (χ0n) is 5.46. The molecule has 2 nitrogen and oxygen atoms in total. The van der Waals surface area contributed by atoms with Gasteiger partial charge in [-0.25, -0.2) is 0 Å². The van der Waals surface area contributed by atoms with Crippen LogP contribution in [0.15, 0.2) is 0 Å². The second-order valence-corrected chi connectivity index (χ2v) is 3.76. The predicted molar refractivity (Wildman–Crippen MR) is 35.9 cm³/mol. The van der Waals surface area contributed by atoms with E-state index in [4.69, 9.17) is 9.59 Å². The van der Waals surface area contributed by atoms with Crippen molar-refractivity contribution in [2.45, 2.75) is 32.2 Å². The molecule has 0 radical (unpaired) electrons. The van der Waals surface area contributed by atoms with Crippen molar-refractivity contribution in [3.05, 3.63) is 0 Å². The van der Waals surface area contributed by atoms with Crippen molar-refractivity contribution in [2.24, 2.45) is 0 Å². The molecule has 0 heterocycles. The van der Waals surface area contributed by atoms with Gasteiger partial charge in [-0.2, -0.15) is 0 Å². The van der Waals surface area contributed by atoms with E-state index in [1.807, 2.05) is 13.8 Å². The van der Waals surface area contributed by atoms with Gasteiger partial charge in [-0.15, -0.1) is 0 Å². The normalized spacial score (nSPS) is 11.2. The Hall–Kier alpha value is 0.137. The van der Waals surface area contributed by atoms with Crippen molar-refractivity contribution in [3.63, 3.8) is 0 Å². The molecule has 0 aromatic carbocycles. The molecule has 0 aliphatic carbocycles. The summed E-state index contributed by atoms with van der Waals surface area (Å²) < 4.78 is 0. The van der Waals surface area contributed by atoms with Gasteiger partial charge in [-0.1, -0.05) is 26.7 Å². The van der Waals surface area contributed by atoms with Gasteiger partial charge in [0, 0.05) is 0 Å². The fraction of sp³-hybridized carbons (Fsp3) is 1.00. The minimum atomic E-state index is -2.29. The molecule has 0 fully saturated rings. The number of rotatable bonds is 3. The molecule has 0 atom stereocenters. The first-order valence-electron chi connectivity index (χ1n) is 3.08. The second kappa shape index (κ2) is 4.06. The summed E-state index contributed by atoms with van der Waals surface area (Å²) in [5.74, 6) is 0. The van der Waals surface area contributed by atoms with Crippen LogP contribution in [0.1, 0.15) is 26.7 Å². The van der Waals surface area contributed by atoms with Crippen molar-refractivity contribution in [1.82, 2.24) is 0 Å². The molecule has 50 valence electrons. The molecule has 3 heteroatoms. The van der Waals surface area contributed by atoms with Crippen molar-refractivity contribution in [3.8, 4) is 0 Å². The van der Waals surface area contributed by atoms with Gasteiger partial charge in [0.15, 0.2) is 0 Å². The monoisotopic (exact) mass is 134 g/mol. The molecular weight excluding hydrogens is 120 g/mol. The fourth-order valence-electron chi connectivity index (χ4n) is 0.710. The Bertz CT molecular complexity index is 52.4. The van der Waals surface area contributed by atoms with E-state index < -0.39 is 9.28 Å². The topological polar surface area (TPSA) is 40.5 Å². The Kier molecular flexibility index (Phi) is 4.13. The highest BCUT2D eigenvalue weighted by Crippen LogP contribution is 2.14. The van der Waals surface area contributed by atoms with Gasteiger partial charge in [0.25, 0.3) is 0 Å². The number of hydrogen-bond acceptors (Lipinski definition) is 2. The third-order valence-electron chi connectivity index (χ3n) is 1.47. The summed E-state index contributed by atoms with van der Waals surface area (Å²) in [7, 11) is -2.29. The van der Waals surface area contributed by atoms with Crippen LogP contribution in [0.3, 0.4) is 0 Å². The van der Waals surface area contributed by atoms with Gasteiger partial charge < -0.3 is 9.59 Å². The predicted octanol–water partition coefficient (Wildman–Crippen LogP) is 0.382. The summed E-state index contributed by atoms with van der Waals surface area (Å²) in [4.78, 5) is 17.4. The maximum Gasteiger partial charge on any atom is 0.319 e. The Labute approximate surface area is 52.0 Å². The molecule has 0 aromatic heterocycles. The van der Waals surface area contributed by atoms with Crippen LogP contribution in [0, 0.1) is 0 Å². The third-order valence-corrected chi connectivity index (χ3v) is 3.26. The largest absolute Gasteiger partial charge is 0.413 e. The van der Waals surface area contributed by atoms with Gasteiger partial charge in [-0.3, -0.25) is 0 Å². The van der Waals surface area contributed by atoms with Gasteiger partial charge in [0.1, 0.15) is 0 Å². The zero-order valence-corrected chi connectivity index (χ0v) is 6.62. The molecule has 0 saturated carbocycles. The van der Waals surface area contributed by atoms with E-state index >= 15 is 0 Å². The first-order valence-corrected chi connectivity index (χ1v) is 4.78. The summed E-state index contributed by atoms with van der Waals surface area (Å²) in [5, 5.41) is 0. The third kappa shape index (κ3) is 2.45. The zero-order chi connectivity index (χ0) is 6.57. The van der Waals surface area contributed by atoms with Gasteiger partial charge in [-0.05, 0) is 5.54 Å². The maximum atomic E-state index is 8.71. The van der Waals surface area contributed by atoms with Gasteiger partial charge in [0.2, 0.25) is 0 Å². The first-order chi connectivity index (χ1) is 3.72. The molecule has 0 saturated heterocycles. The van der Waals surface area contributed by atoms with E-state index in [1.165, 1.54) is 0 Å². The van der Waals surface area contributed by atoms with Crippen LogP contribution in [0.2, 0.25) is 5.54 Å². The highest BCUT2D eigenvalue weighted by atomic mass is 28.3. The molecule has 8 heavy (non-hydrogen) atoms. The lowest BCUT2D eigenvalue weighted by molar-refractivity contribution is 0.378. The van der Waals surface area contributed by atoms with Gasteiger partial charge in [0.05, 0.1) is 0 Å². The van der Waals surface area contributed by atoms with Crippen LogP contribution in [-0.4, -0.2) is 18.9 Å². The van der Waals surface area contributed by atoms with Crippen LogP contribution >= 0.6 is 0 Å². The lowest BCUT2D eigenvalue weighted by Crippen LogP contribution is -2.18. The number of hydrogen-bond donors (Lipinski definition) is 2. The summed E-state index contributed by atoms with van der Waals surface area (Å²) in [6.45, 7) is 3.97. The highest BCUT2D eigenvalue weighted by molar-refractivity contribution is 6.43. The van der Waals surface area contributed by atoms with Crippen LogP contribution < -0.4 is 0 Å². The minimum absolute atomic E-state index is 0.204. The Morgan fingerprint density at radius 3 is 1.62 bits per heavy atom. The Morgan fingerprint density at radius 1 is 1.25 bits per heavy atom. The molecule has 2 N–H and O–H groups in total. The van der Waals surface area contributed by atoms with Crippen LogP contribution in [0.4, 0.5) is 0 Å². The SMILES string of the molecule is CCC(CC)[SiH](O)O. The summed E-state index contributed by atoms with van der Waals surface area (Å²) in [6, 6.07) is 0. The van der Waals surface area contributed by atoms with Crippen molar-refractivity contribution >= 4 is 9.28 Å². The van der Waals surface area contributed by atoms with Crippen LogP contribution in [0.25, 0.3) is 0 Å².